The molecule has 1 amide bonds. The zero-order valence-electron chi connectivity index (χ0n) is 12.4. The summed E-state index contributed by atoms with van der Waals surface area (Å²) in [4.78, 5) is 12.7. The van der Waals surface area contributed by atoms with Crippen LogP contribution in [0.2, 0.25) is 0 Å². The van der Waals surface area contributed by atoms with Crippen molar-refractivity contribution in [1.29, 1.82) is 0 Å². The van der Waals surface area contributed by atoms with E-state index in [0.29, 0.717) is 17.1 Å². The molecule has 1 aliphatic heterocycles. The number of amides is 1. The number of aryl methyl sites for hydroxylation is 1. The average molecular weight is 319 g/mol. The van der Waals surface area contributed by atoms with Crippen molar-refractivity contribution in [3.63, 3.8) is 0 Å². The third-order valence-electron chi connectivity index (χ3n) is 3.75. The van der Waals surface area contributed by atoms with E-state index >= 15 is 0 Å². The SMILES string of the molecule is COc1cc(C)ccc1C(=O)NC1(c2nn[nH]n2)CCSC1. The van der Waals surface area contributed by atoms with E-state index in [4.69, 9.17) is 4.74 Å². The fourth-order valence-electron chi connectivity index (χ4n) is 2.53. The van der Waals surface area contributed by atoms with Crippen molar-refractivity contribution >= 4 is 17.7 Å². The highest BCUT2D eigenvalue weighted by Gasteiger charge is 2.41. The highest BCUT2D eigenvalue weighted by atomic mass is 32.2. The Morgan fingerprint density at radius 3 is 3.00 bits per heavy atom. The van der Waals surface area contributed by atoms with Crippen LogP contribution in [0.4, 0.5) is 0 Å². The van der Waals surface area contributed by atoms with Crippen molar-refractivity contribution in [2.45, 2.75) is 18.9 Å². The molecule has 1 atom stereocenters. The van der Waals surface area contributed by atoms with Gasteiger partial charge in [-0.05, 0) is 36.8 Å². The molecule has 116 valence electrons. The van der Waals surface area contributed by atoms with E-state index in [1.54, 1.807) is 24.9 Å². The van der Waals surface area contributed by atoms with E-state index in [1.165, 1.54) is 0 Å². The molecule has 3 rings (SSSR count). The van der Waals surface area contributed by atoms with Crippen LogP contribution < -0.4 is 10.1 Å². The van der Waals surface area contributed by atoms with Crippen LogP contribution >= 0.6 is 11.8 Å². The van der Waals surface area contributed by atoms with E-state index in [0.717, 1.165) is 23.5 Å². The Morgan fingerprint density at radius 2 is 2.36 bits per heavy atom. The van der Waals surface area contributed by atoms with E-state index in [2.05, 4.69) is 25.9 Å². The summed E-state index contributed by atoms with van der Waals surface area (Å²) < 4.78 is 5.32. The van der Waals surface area contributed by atoms with Gasteiger partial charge in [0.1, 0.15) is 11.3 Å². The predicted octanol–water partition coefficient (Wildman–Crippen LogP) is 1.28. The molecule has 1 aromatic carbocycles. The molecule has 0 spiro atoms. The first-order valence-corrected chi connectivity index (χ1v) is 8.09. The highest BCUT2D eigenvalue weighted by molar-refractivity contribution is 7.99. The topological polar surface area (TPSA) is 92.8 Å². The molecular formula is C14H17N5O2S. The van der Waals surface area contributed by atoms with E-state index in [9.17, 15) is 4.79 Å². The maximum Gasteiger partial charge on any atom is 0.255 e. The molecule has 0 bridgehead atoms. The van der Waals surface area contributed by atoms with Crippen LogP contribution in [0.3, 0.4) is 0 Å². The van der Waals surface area contributed by atoms with Gasteiger partial charge in [0.25, 0.3) is 5.91 Å². The molecule has 1 aromatic heterocycles. The minimum Gasteiger partial charge on any atom is -0.496 e. The number of hydrogen-bond acceptors (Lipinski definition) is 6. The Morgan fingerprint density at radius 1 is 1.50 bits per heavy atom. The molecule has 22 heavy (non-hydrogen) atoms. The number of carbonyl (C=O) groups excluding carboxylic acids is 1. The third-order valence-corrected chi connectivity index (χ3v) is 4.94. The quantitative estimate of drug-likeness (QED) is 0.882. The lowest BCUT2D eigenvalue weighted by atomic mass is 9.97. The van der Waals surface area contributed by atoms with E-state index in [1.807, 2.05) is 19.1 Å². The maximum absolute atomic E-state index is 12.7. The lowest BCUT2D eigenvalue weighted by Crippen LogP contribution is -2.47. The number of aromatic nitrogens is 4. The van der Waals surface area contributed by atoms with Crippen LogP contribution in [-0.4, -0.2) is 45.1 Å². The van der Waals surface area contributed by atoms with Gasteiger partial charge in [-0.15, -0.1) is 10.2 Å². The van der Waals surface area contributed by atoms with Gasteiger partial charge in [0.2, 0.25) is 5.82 Å². The van der Waals surface area contributed by atoms with Crippen LogP contribution in [0.1, 0.15) is 28.2 Å². The molecule has 7 nitrogen and oxygen atoms in total. The second-order valence-corrected chi connectivity index (χ2v) is 6.38. The molecule has 0 saturated carbocycles. The first-order valence-electron chi connectivity index (χ1n) is 6.93. The summed E-state index contributed by atoms with van der Waals surface area (Å²) in [5, 5.41) is 17.3. The molecule has 1 aliphatic rings. The van der Waals surface area contributed by atoms with Gasteiger partial charge < -0.3 is 10.1 Å². The average Bonchev–Trinajstić information content (AvgIpc) is 3.18. The number of rotatable bonds is 4. The largest absolute Gasteiger partial charge is 0.496 e. The monoisotopic (exact) mass is 319 g/mol. The van der Waals surface area contributed by atoms with Gasteiger partial charge in [-0.25, -0.2) is 0 Å². The fraction of sp³-hybridized carbons (Fsp3) is 0.429. The highest BCUT2D eigenvalue weighted by Crippen LogP contribution is 2.35. The molecule has 1 fully saturated rings. The first-order chi connectivity index (χ1) is 10.6. The van der Waals surface area contributed by atoms with Crippen molar-refractivity contribution < 1.29 is 9.53 Å². The molecule has 0 aliphatic carbocycles. The van der Waals surface area contributed by atoms with Crippen LogP contribution in [0, 0.1) is 6.92 Å². The van der Waals surface area contributed by atoms with Gasteiger partial charge in [0.05, 0.1) is 12.7 Å². The van der Waals surface area contributed by atoms with E-state index < -0.39 is 5.54 Å². The molecule has 2 N–H and O–H groups in total. The molecule has 2 aromatic rings. The predicted molar refractivity (Wildman–Crippen MR) is 83.0 cm³/mol. The summed E-state index contributed by atoms with van der Waals surface area (Å²) in [5.41, 5.74) is 0.968. The molecule has 0 radical (unpaired) electrons. The number of hydrogen-bond donors (Lipinski definition) is 2. The van der Waals surface area contributed by atoms with Gasteiger partial charge in [-0.3, -0.25) is 4.79 Å². The molecular weight excluding hydrogens is 302 g/mol. The van der Waals surface area contributed by atoms with Crippen molar-refractivity contribution in [1.82, 2.24) is 25.9 Å². The molecule has 2 heterocycles. The summed E-state index contributed by atoms with van der Waals surface area (Å²) in [6.07, 6.45) is 0.775. The number of aromatic amines is 1. The zero-order chi connectivity index (χ0) is 15.6. The normalized spacial score (nSPS) is 20.8. The van der Waals surface area contributed by atoms with Crippen molar-refractivity contribution in [2.75, 3.05) is 18.6 Å². The third kappa shape index (κ3) is 2.66. The summed E-state index contributed by atoms with van der Waals surface area (Å²) in [6.45, 7) is 1.96. The number of H-pyrrole nitrogens is 1. The summed E-state index contributed by atoms with van der Waals surface area (Å²) in [6, 6.07) is 5.51. The number of nitrogens with one attached hydrogen (secondary N) is 2. The van der Waals surface area contributed by atoms with Gasteiger partial charge in [-0.2, -0.15) is 17.0 Å². The van der Waals surface area contributed by atoms with Crippen LogP contribution in [0.25, 0.3) is 0 Å². The Kier molecular flexibility index (Phi) is 4.02. The Balaban J connectivity index is 1.89. The number of carbonyl (C=O) groups is 1. The van der Waals surface area contributed by atoms with Gasteiger partial charge in [-0.1, -0.05) is 11.3 Å². The summed E-state index contributed by atoms with van der Waals surface area (Å²) >= 11 is 1.76. The van der Waals surface area contributed by atoms with Crippen molar-refractivity contribution in [3.05, 3.63) is 35.2 Å². The smallest absolute Gasteiger partial charge is 0.255 e. The number of methoxy groups -OCH3 is 1. The first kappa shape index (κ1) is 14.8. The Bertz CT molecular complexity index is 668. The molecule has 1 unspecified atom stereocenters. The van der Waals surface area contributed by atoms with Gasteiger partial charge >= 0.3 is 0 Å². The zero-order valence-corrected chi connectivity index (χ0v) is 13.2. The number of tetrazole rings is 1. The minimum absolute atomic E-state index is 0.191. The summed E-state index contributed by atoms with van der Waals surface area (Å²) in [5.74, 6) is 2.57. The minimum atomic E-state index is -0.579. The van der Waals surface area contributed by atoms with Gasteiger partial charge in [0.15, 0.2) is 0 Å². The maximum atomic E-state index is 12.7. The van der Waals surface area contributed by atoms with E-state index in [-0.39, 0.29) is 5.91 Å². The number of thioether (sulfide) groups is 1. The van der Waals surface area contributed by atoms with Crippen molar-refractivity contribution in [3.8, 4) is 5.75 Å². The van der Waals surface area contributed by atoms with Crippen LogP contribution in [0.15, 0.2) is 18.2 Å². The lowest BCUT2D eigenvalue weighted by molar-refractivity contribution is 0.0900. The number of nitrogens with zero attached hydrogens (tertiary/aromatic N) is 3. The standard InChI is InChI=1S/C14H17N5O2S/c1-9-3-4-10(11(7-9)21-2)12(20)15-14(5-6-22-8-14)13-16-18-19-17-13/h3-4,7H,5-6,8H2,1-2H3,(H,15,20)(H,16,17,18,19). The number of benzene rings is 1. The second kappa shape index (κ2) is 5.96. The Labute approximate surface area is 132 Å². The van der Waals surface area contributed by atoms with Crippen LogP contribution in [-0.2, 0) is 5.54 Å². The Hall–Kier alpha value is -2.09. The van der Waals surface area contributed by atoms with Gasteiger partial charge in [0, 0.05) is 5.75 Å². The molecule has 1 saturated heterocycles. The number of ether oxygens (including phenoxy) is 1. The van der Waals surface area contributed by atoms with Crippen molar-refractivity contribution in [2.24, 2.45) is 0 Å². The lowest BCUT2D eigenvalue weighted by Gasteiger charge is -2.26. The molecule has 8 heteroatoms. The second-order valence-electron chi connectivity index (χ2n) is 5.28. The fourth-order valence-corrected chi connectivity index (χ4v) is 3.86. The van der Waals surface area contributed by atoms with Crippen LogP contribution in [0.5, 0.6) is 5.75 Å². The summed E-state index contributed by atoms with van der Waals surface area (Å²) in [7, 11) is 1.56.